The molecule has 1 saturated heterocycles. The molecular formula is C14H22N2O. The minimum atomic E-state index is 0.724. The lowest BCUT2D eigenvalue weighted by Crippen LogP contribution is -2.28. The topological polar surface area (TPSA) is 38.5 Å². The zero-order valence-corrected chi connectivity index (χ0v) is 10.6. The zero-order valence-electron chi connectivity index (χ0n) is 10.6. The van der Waals surface area contributed by atoms with Crippen LogP contribution in [0.25, 0.3) is 0 Å². The number of nitrogens with zero attached hydrogens (tertiary/aromatic N) is 1. The van der Waals surface area contributed by atoms with Crippen molar-refractivity contribution in [3.8, 4) is 5.75 Å². The molecule has 0 aliphatic carbocycles. The van der Waals surface area contributed by atoms with Gasteiger partial charge in [-0.2, -0.15) is 0 Å². The quantitative estimate of drug-likeness (QED) is 0.628. The molecule has 0 radical (unpaired) electrons. The van der Waals surface area contributed by atoms with Crippen molar-refractivity contribution in [3.05, 3.63) is 24.3 Å². The fourth-order valence-corrected chi connectivity index (χ4v) is 2.39. The Labute approximate surface area is 104 Å². The fourth-order valence-electron chi connectivity index (χ4n) is 2.39. The van der Waals surface area contributed by atoms with Gasteiger partial charge in [-0.1, -0.05) is 12.1 Å². The van der Waals surface area contributed by atoms with Gasteiger partial charge >= 0.3 is 0 Å². The van der Waals surface area contributed by atoms with Gasteiger partial charge in [0.2, 0.25) is 0 Å². The van der Waals surface area contributed by atoms with Gasteiger partial charge < -0.3 is 15.4 Å². The van der Waals surface area contributed by atoms with Gasteiger partial charge in [0, 0.05) is 12.6 Å². The molecule has 1 fully saturated rings. The van der Waals surface area contributed by atoms with Crippen LogP contribution in [0.3, 0.4) is 0 Å². The van der Waals surface area contributed by atoms with E-state index in [1.54, 1.807) is 0 Å². The summed E-state index contributed by atoms with van der Waals surface area (Å²) in [7, 11) is 0. The lowest BCUT2D eigenvalue weighted by atomic mass is 10.2. The molecule has 0 spiro atoms. The van der Waals surface area contributed by atoms with Gasteiger partial charge in [-0.3, -0.25) is 0 Å². The summed E-state index contributed by atoms with van der Waals surface area (Å²) in [5.41, 5.74) is 6.54. The molecule has 1 aliphatic heterocycles. The Bertz CT molecular complexity index is 354. The number of anilines is 1. The predicted molar refractivity (Wildman–Crippen MR) is 71.2 cm³/mol. The first-order valence-corrected chi connectivity index (χ1v) is 6.49. The van der Waals surface area contributed by atoms with E-state index in [9.17, 15) is 0 Å². The van der Waals surface area contributed by atoms with Gasteiger partial charge in [-0.15, -0.1) is 0 Å². The summed E-state index contributed by atoms with van der Waals surface area (Å²) in [5, 5.41) is 0. The molecule has 1 unspecified atom stereocenters. The highest BCUT2D eigenvalue weighted by Gasteiger charge is 2.18. The van der Waals surface area contributed by atoms with Gasteiger partial charge in [-0.05, 0) is 44.9 Å². The number of ether oxygens (including phenoxy) is 1. The first kappa shape index (κ1) is 12.2. The van der Waals surface area contributed by atoms with E-state index in [4.69, 9.17) is 10.5 Å². The number of nitrogens with two attached hydrogens (primary N) is 1. The summed E-state index contributed by atoms with van der Waals surface area (Å²) < 4.78 is 5.68. The van der Waals surface area contributed by atoms with Crippen LogP contribution in [-0.2, 0) is 0 Å². The fraction of sp³-hybridized carbons (Fsp3) is 0.571. The minimum Gasteiger partial charge on any atom is -0.491 e. The smallest absolute Gasteiger partial charge is 0.142 e. The first-order chi connectivity index (χ1) is 8.27. The van der Waals surface area contributed by atoms with Crippen molar-refractivity contribution < 1.29 is 4.74 Å². The number of hydrogen-bond donors (Lipinski definition) is 1. The normalized spacial score (nSPS) is 20.6. The third kappa shape index (κ3) is 3.37. The number of benzene rings is 1. The van der Waals surface area contributed by atoms with E-state index < -0.39 is 0 Å². The summed E-state index contributed by atoms with van der Waals surface area (Å²) >= 11 is 0. The standard InChI is InChI=1S/C14H22N2O/c1-12-6-4-9-16(12)10-5-11-17-14-8-3-2-7-13(14)15/h2-3,7-8,12H,4-6,9-11,15H2,1H3. The molecule has 1 aromatic rings. The molecule has 1 heterocycles. The second-order valence-corrected chi connectivity index (χ2v) is 4.77. The van der Waals surface area contributed by atoms with E-state index in [-0.39, 0.29) is 0 Å². The SMILES string of the molecule is CC1CCCN1CCCOc1ccccc1N. The molecule has 0 aromatic heterocycles. The van der Waals surface area contributed by atoms with Gasteiger partial charge in [0.1, 0.15) is 5.75 Å². The highest BCUT2D eigenvalue weighted by molar-refractivity contribution is 5.51. The summed E-state index contributed by atoms with van der Waals surface area (Å²) in [6.45, 7) is 5.43. The van der Waals surface area contributed by atoms with E-state index in [0.717, 1.165) is 37.1 Å². The lowest BCUT2D eigenvalue weighted by molar-refractivity contribution is 0.230. The van der Waals surface area contributed by atoms with E-state index in [1.165, 1.54) is 19.4 Å². The number of nitrogen functional groups attached to an aromatic ring is 1. The van der Waals surface area contributed by atoms with Crippen molar-refractivity contribution >= 4 is 5.69 Å². The predicted octanol–water partition coefficient (Wildman–Crippen LogP) is 2.52. The molecule has 1 aliphatic rings. The van der Waals surface area contributed by atoms with Gasteiger partial charge in [0.25, 0.3) is 0 Å². The Morgan fingerprint density at radius 1 is 1.41 bits per heavy atom. The monoisotopic (exact) mass is 234 g/mol. The third-order valence-corrected chi connectivity index (χ3v) is 3.46. The van der Waals surface area contributed by atoms with Crippen LogP contribution in [0, 0.1) is 0 Å². The van der Waals surface area contributed by atoms with Crippen molar-refractivity contribution in [1.82, 2.24) is 4.90 Å². The van der Waals surface area contributed by atoms with E-state index in [1.807, 2.05) is 24.3 Å². The van der Waals surface area contributed by atoms with Crippen molar-refractivity contribution in [3.63, 3.8) is 0 Å². The number of likely N-dealkylation sites (tertiary alicyclic amines) is 1. The third-order valence-electron chi connectivity index (χ3n) is 3.46. The van der Waals surface area contributed by atoms with Crippen molar-refractivity contribution in [2.75, 3.05) is 25.4 Å². The molecule has 2 rings (SSSR count). The Kier molecular flexibility index (Phi) is 4.26. The minimum absolute atomic E-state index is 0.724. The molecule has 94 valence electrons. The molecular weight excluding hydrogens is 212 g/mol. The van der Waals surface area contributed by atoms with Crippen LogP contribution < -0.4 is 10.5 Å². The highest BCUT2D eigenvalue weighted by Crippen LogP contribution is 2.20. The van der Waals surface area contributed by atoms with Crippen LogP contribution in [0.5, 0.6) is 5.75 Å². The van der Waals surface area contributed by atoms with Crippen LogP contribution in [0.1, 0.15) is 26.2 Å². The number of rotatable bonds is 5. The maximum absolute atomic E-state index is 5.81. The van der Waals surface area contributed by atoms with E-state index in [0.29, 0.717) is 0 Å². The number of hydrogen-bond acceptors (Lipinski definition) is 3. The summed E-state index contributed by atoms with van der Waals surface area (Å²) in [4.78, 5) is 2.54. The van der Waals surface area contributed by atoms with Crippen LogP contribution >= 0.6 is 0 Å². The Morgan fingerprint density at radius 3 is 2.94 bits per heavy atom. The van der Waals surface area contributed by atoms with Crippen LogP contribution in [0.4, 0.5) is 5.69 Å². The number of para-hydroxylation sites is 2. The average Bonchev–Trinajstić information content (AvgIpc) is 2.73. The van der Waals surface area contributed by atoms with Crippen molar-refractivity contribution in [2.24, 2.45) is 0 Å². The second-order valence-electron chi connectivity index (χ2n) is 4.77. The Hall–Kier alpha value is -1.22. The maximum Gasteiger partial charge on any atom is 0.142 e. The molecule has 2 N–H and O–H groups in total. The van der Waals surface area contributed by atoms with Crippen molar-refractivity contribution in [2.45, 2.75) is 32.2 Å². The summed E-state index contributed by atoms with van der Waals surface area (Å²) in [6.07, 6.45) is 3.75. The molecule has 0 amide bonds. The zero-order chi connectivity index (χ0) is 12.1. The molecule has 0 saturated carbocycles. The second kappa shape index (κ2) is 5.92. The van der Waals surface area contributed by atoms with Gasteiger partial charge in [0.15, 0.2) is 0 Å². The van der Waals surface area contributed by atoms with E-state index >= 15 is 0 Å². The van der Waals surface area contributed by atoms with Crippen LogP contribution in [-0.4, -0.2) is 30.6 Å². The van der Waals surface area contributed by atoms with Crippen LogP contribution in [0.2, 0.25) is 0 Å². The lowest BCUT2D eigenvalue weighted by Gasteiger charge is -2.20. The first-order valence-electron chi connectivity index (χ1n) is 6.49. The molecule has 3 heteroatoms. The summed E-state index contributed by atoms with van der Waals surface area (Å²) in [5.74, 6) is 0.807. The van der Waals surface area contributed by atoms with E-state index in [2.05, 4.69) is 11.8 Å². The average molecular weight is 234 g/mol. The van der Waals surface area contributed by atoms with Gasteiger partial charge in [-0.25, -0.2) is 0 Å². The van der Waals surface area contributed by atoms with Crippen LogP contribution in [0.15, 0.2) is 24.3 Å². The Balaban J connectivity index is 1.68. The summed E-state index contributed by atoms with van der Waals surface area (Å²) in [6, 6.07) is 8.42. The Morgan fingerprint density at radius 2 is 2.24 bits per heavy atom. The van der Waals surface area contributed by atoms with Gasteiger partial charge in [0.05, 0.1) is 12.3 Å². The molecule has 1 aromatic carbocycles. The maximum atomic E-state index is 5.81. The highest BCUT2D eigenvalue weighted by atomic mass is 16.5. The molecule has 3 nitrogen and oxygen atoms in total. The van der Waals surface area contributed by atoms with Crippen molar-refractivity contribution in [1.29, 1.82) is 0 Å². The molecule has 0 bridgehead atoms. The molecule has 17 heavy (non-hydrogen) atoms. The largest absolute Gasteiger partial charge is 0.491 e. The molecule has 1 atom stereocenters.